The molecule has 2 heterocycles. The van der Waals surface area contributed by atoms with Crippen LogP contribution in [0.1, 0.15) is 56.4 Å². The lowest BCUT2D eigenvalue weighted by Crippen LogP contribution is -2.70. The SMILES string of the molecule is COC(=O)[C@H]1O[C@@H](O[C@@H]2[C@@H](NC(=O)C(Cl)(Cl)Cl)[C@H](OCc3ccc4ccccc4c3)O[C@H](COC(=O)CCl)[C@@H]2OC(=O)c2ccccc2)[C@H](OC(=O)c2ccccc2)[C@@H](OC(=O)c2ccccc2)[C@@H]1OC(=O)CCC(C)=O. The molecule has 2 aliphatic rings. The van der Waals surface area contributed by atoms with Crippen LogP contribution >= 0.6 is 46.4 Å². The molecule has 77 heavy (non-hydrogen) atoms. The molecule has 5 aromatic carbocycles. The van der Waals surface area contributed by atoms with Gasteiger partial charge in [0, 0.05) is 6.42 Å². The van der Waals surface area contributed by atoms with Crippen LogP contribution < -0.4 is 5.32 Å². The summed E-state index contributed by atoms with van der Waals surface area (Å²) in [7, 11) is 0.965. The quantitative estimate of drug-likeness (QED) is 0.0470. The maximum absolute atomic E-state index is 14.3. The third-order valence-corrected chi connectivity index (χ3v) is 12.6. The van der Waals surface area contributed by atoms with Crippen LogP contribution in [-0.2, 0) is 77.9 Å². The second-order valence-corrected chi connectivity index (χ2v) is 19.8. The summed E-state index contributed by atoms with van der Waals surface area (Å²) in [6, 6.07) is 33.4. The molecule has 10 atom stereocenters. The number of rotatable bonds is 20. The Morgan fingerprint density at radius 3 is 1.68 bits per heavy atom. The lowest BCUT2D eigenvalue weighted by atomic mass is 9.94. The molecule has 1 amide bonds. The van der Waals surface area contributed by atoms with Crippen LogP contribution in [0.3, 0.4) is 0 Å². The second kappa shape index (κ2) is 27.1. The van der Waals surface area contributed by atoms with Gasteiger partial charge in [0.2, 0.25) is 0 Å². The van der Waals surface area contributed by atoms with E-state index in [0.29, 0.717) is 5.56 Å². The average Bonchev–Trinajstić information content (AvgIpc) is 3.44. The summed E-state index contributed by atoms with van der Waals surface area (Å²) in [6.07, 6.45) is -18.6. The smallest absolute Gasteiger partial charge is 0.339 e. The summed E-state index contributed by atoms with van der Waals surface area (Å²) in [5.74, 6) is -8.84. The Kier molecular flexibility index (Phi) is 20.4. The van der Waals surface area contributed by atoms with Gasteiger partial charge >= 0.3 is 35.8 Å². The number of alkyl halides is 4. The lowest BCUT2D eigenvalue weighted by Gasteiger charge is -2.49. The molecule has 0 radical (unpaired) electrons. The van der Waals surface area contributed by atoms with Crippen LogP contribution in [0, 0.1) is 0 Å². The predicted molar refractivity (Wildman–Crippen MR) is 274 cm³/mol. The molecule has 2 aliphatic heterocycles. The van der Waals surface area contributed by atoms with Crippen molar-refractivity contribution in [3.63, 3.8) is 0 Å². The van der Waals surface area contributed by atoms with Crippen molar-refractivity contribution in [3.8, 4) is 0 Å². The topological polar surface area (TPSA) is 241 Å². The minimum Gasteiger partial charge on any atom is -0.467 e. The zero-order valence-electron chi connectivity index (χ0n) is 40.9. The van der Waals surface area contributed by atoms with Gasteiger partial charge in [0.25, 0.3) is 9.70 Å². The molecule has 19 nitrogen and oxygen atoms in total. The van der Waals surface area contributed by atoms with Gasteiger partial charge in [-0.1, -0.05) is 126 Å². The molecule has 23 heteroatoms. The molecule has 5 aromatic rings. The highest BCUT2D eigenvalue weighted by Crippen LogP contribution is 2.37. The number of fused-ring (bicyclic) bond motifs is 1. The van der Waals surface area contributed by atoms with Gasteiger partial charge in [-0.15, -0.1) is 11.6 Å². The highest BCUT2D eigenvalue weighted by atomic mass is 35.6. The number of ether oxygens (including phenoxy) is 10. The number of ketones is 1. The van der Waals surface area contributed by atoms with Crippen molar-refractivity contribution < 1.29 is 85.7 Å². The van der Waals surface area contributed by atoms with Crippen molar-refractivity contribution in [1.29, 1.82) is 0 Å². The van der Waals surface area contributed by atoms with E-state index in [-0.39, 0.29) is 29.7 Å². The van der Waals surface area contributed by atoms with Crippen LogP contribution in [0.25, 0.3) is 10.8 Å². The van der Waals surface area contributed by atoms with Gasteiger partial charge < -0.3 is 57.5 Å². The fourth-order valence-electron chi connectivity index (χ4n) is 8.15. The molecule has 2 fully saturated rings. The van der Waals surface area contributed by atoms with E-state index < -0.39 is 132 Å². The lowest BCUT2D eigenvalue weighted by molar-refractivity contribution is -0.340. The van der Waals surface area contributed by atoms with Gasteiger partial charge in [-0.25, -0.2) is 19.2 Å². The minimum atomic E-state index is -2.71. The molecule has 1 N–H and O–H groups in total. The highest BCUT2D eigenvalue weighted by molar-refractivity contribution is 6.76. The Morgan fingerprint density at radius 2 is 1.13 bits per heavy atom. The molecule has 0 spiro atoms. The van der Waals surface area contributed by atoms with Gasteiger partial charge in [0.15, 0.2) is 43.1 Å². The van der Waals surface area contributed by atoms with Crippen molar-refractivity contribution in [2.75, 3.05) is 19.6 Å². The maximum Gasteiger partial charge on any atom is 0.339 e. The summed E-state index contributed by atoms with van der Waals surface area (Å²) in [6.45, 7) is 0.229. The third kappa shape index (κ3) is 15.5. The van der Waals surface area contributed by atoms with Gasteiger partial charge in [-0.2, -0.15) is 0 Å². The number of halogens is 4. The van der Waals surface area contributed by atoms with Crippen molar-refractivity contribution in [3.05, 3.63) is 156 Å². The minimum absolute atomic E-state index is 0.0176. The van der Waals surface area contributed by atoms with Crippen LogP contribution in [0.15, 0.2) is 133 Å². The number of carbonyl (C=O) groups excluding carboxylic acids is 8. The van der Waals surface area contributed by atoms with E-state index in [1.807, 2.05) is 36.4 Å². The molecule has 406 valence electrons. The van der Waals surface area contributed by atoms with Crippen LogP contribution in [0.2, 0.25) is 0 Å². The fourth-order valence-corrected chi connectivity index (χ4v) is 8.39. The summed E-state index contributed by atoms with van der Waals surface area (Å²) >= 11 is 24.4. The van der Waals surface area contributed by atoms with Crippen LogP contribution in [0.5, 0.6) is 0 Å². The molecule has 2 saturated heterocycles. The maximum atomic E-state index is 14.3. The highest BCUT2D eigenvalue weighted by Gasteiger charge is 2.59. The van der Waals surface area contributed by atoms with Crippen molar-refractivity contribution in [2.24, 2.45) is 0 Å². The zero-order chi connectivity index (χ0) is 55.2. The van der Waals surface area contributed by atoms with Crippen molar-refractivity contribution >= 4 is 105 Å². The first-order valence-corrected chi connectivity index (χ1v) is 25.3. The first-order valence-electron chi connectivity index (χ1n) is 23.6. The first kappa shape index (κ1) is 58.0. The van der Waals surface area contributed by atoms with Crippen molar-refractivity contribution in [1.82, 2.24) is 5.32 Å². The number of hydrogen-bond donors (Lipinski definition) is 1. The summed E-state index contributed by atoms with van der Waals surface area (Å²) in [5, 5.41) is 4.27. The van der Waals surface area contributed by atoms with Gasteiger partial charge in [0.1, 0.15) is 36.5 Å². The molecule has 0 aliphatic carbocycles. The summed E-state index contributed by atoms with van der Waals surface area (Å²) in [5.41, 5.74) is 0.432. The molecular formula is C54H49Cl4NO18. The normalized spacial score (nSPS) is 23.1. The standard InChI is InChI=1S/C54H49Cl4NO18/c1-30(60)22-25-38(61)72-43-44(74-48(64)34-17-8-4-9-18-34)46(75-49(65)35-19-10-5-11-20-35)52(77-45(43)50(66)68-2)76-42-40(59-53(67)54(56,57)58)51(70-28-31-23-24-32-14-12-13-21-36(32)26-31)71-37(29-69-39(62)27-55)41(42)73-47(63)33-15-6-3-7-16-33/h3-21,23-24,26,37,40-46,51-52H,22,25,27-29H2,1-2H3,(H,59,67)/t37-,40-,41+,42-,43+,44+,45+,46-,51-,52-/m1/s1. The fraction of sp³-hybridized carbons (Fsp3) is 0.333. The van der Waals surface area contributed by atoms with E-state index in [2.05, 4.69) is 5.32 Å². The third-order valence-electron chi connectivity index (χ3n) is 11.9. The van der Waals surface area contributed by atoms with Crippen LogP contribution in [0.4, 0.5) is 0 Å². The second-order valence-electron chi connectivity index (χ2n) is 17.3. The summed E-state index contributed by atoms with van der Waals surface area (Å²) < 4.78 is 58.0. The van der Waals surface area contributed by atoms with Gasteiger partial charge in [-0.05, 0) is 65.7 Å². The monoisotopic (exact) mass is 1140 g/mol. The van der Waals surface area contributed by atoms with E-state index >= 15 is 0 Å². The zero-order valence-corrected chi connectivity index (χ0v) is 43.9. The Morgan fingerprint density at radius 1 is 0.584 bits per heavy atom. The van der Waals surface area contributed by atoms with E-state index in [9.17, 15) is 38.4 Å². The number of amides is 1. The number of hydrogen-bond acceptors (Lipinski definition) is 18. The Hall–Kier alpha value is -6.68. The molecule has 7 rings (SSSR count). The average molecular weight is 1140 g/mol. The largest absolute Gasteiger partial charge is 0.467 e. The van der Waals surface area contributed by atoms with Crippen molar-refractivity contribution in [2.45, 2.75) is 91.5 Å². The number of carbonyl (C=O) groups is 8. The van der Waals surface area contributed by atoms with Gasteiger partial charge in [-0.3, -0.25) is 14.4 Å². The number of esters is 6. The van der Waals surface area contributed by atoms with E-state index in [4.69, 9.17) is 93.8 Å². The molecule has 0 unspecified atom stereocenters. The Bertz CT molecular complexity index is 2890. The van der Waals surface area contributed by atoms with E-state index in [1.165, 1.54) is 79.7 Å². The molecule has 0 bridgehead atoms. The Labute approximate surface area is 460 Å². The van der Waals surface area contributed by atoms with Crippen LogP contribution in [-0.4, -0.2) is 132 Å². The number of nitrogens with one attached hydrogen (secondary N) is 1. The predicted octanol–water partition coefficient (Wildman–Crippen LogP) is 6.96. The Balaban J connectivity index is 1.41. The van der Waals surface area contributed by atoms with E-state index in [0.717, 1.165) is 17.9 Å². The summed E-state index contributed by atoms with van der Waals surface area (Å²) in [4.78, 5) is 109. The molecule has 0 aromatic heterocycles. The number of Topliss-reactive ketones (excluding diaryl/α,β-unsaturated/α-hetero) is 1. The molecular weight excluding hydrogens is 1090 g/mol. The first-order chi connectivity index (χ1) is 36.9. The number of benzene rings is 5. The number of methoxy groups -OCH3 is 1. The van der Waals surface area contributed by atoms with E-state index in [1.54, 1.807) is 24.3 Å². The van der Waals surface area contributed by atoms with Gasteiger partial charge in [0.05, 0.1) is 36.8 Å². The molecule has 0 saturated carbocycles.